The van der Waals surface area contributed by atoms with E-state index in [0.717, 1.165) is 19.3 Å². The first kappa shape index (κ1) is 21.3. The van der Waals surface area contributed by atoms with Crippen molar-refractivity contribution >= 4 is 17.6 Å². The summed E-state index contributed by atoms with van der Waals surface area (Å²) in [5.74, 6) is -2.14. The van der Waals surface area contributed by atoms with Crippen LogP contribution in [0.15, 0.2) is 23.3 Å². The maximum absolute atomic E-state index is 12.3. The zero-order chi connectivity index (χ0) is 19.4. The number of aromatic hydroxyl groups is 1. The number of rotatable bonds is 12. The molecule has 0 radical (unpaired) electrons. The van der Waals surface area contributed by atoms with Crippen LogP contribution in [-0.2, 0) is 4.79 Å². The Morgan fingerprint density at radius 2 is 1.85 bits per heavy atom. The van der Waals surface area contributed by atoms with Crippen LogP contribution in [0.4, 0.5) is 5.69 Å². The number of azide groups is 1. The van der Waals surface area contributed by atoms with Gasteiger partial charge in [-0.05, 0) is 30.2 Å². The first-order chi connectivity index (χ1) is 12.5. The van der Waals surface area contributed by atoms with Gasteiger partial charge in [-0.15, -0.1) is 0 Å². The van der Waals surface area contributed by atoms with Crippen molar-refractivity contribution in [2.45, 2.75) is 64.3 Å². The van der Waals surface area contributed by atoms with Gasteiger partial charge >= 0.3 is 5.97 Å². The Labute approximate surface area is 152 Å². The summed E-state index contributed by atoms with van der Waals surface area (Å²) in [5, 5.41) is 24.9. The van der Waals surface area contributed by atoms with E-state index in [1.165, 1.54) is 37.5 Å². The summed E-state index contributed by atoms with van der Waals surface area (Å²) in [6.07, 6.45) is 7.72. The minimum Gasteiger partial charge on any atom is -0.507 e. The highest BCUT2D eigenvalue weighted by atomic mass is 16.4. The number of phenols is 1. The Kier molecular flexibility index (Phi) is 9.64. The SMILES string of the molecule is CCCCCCCCCC(NC(=O)c1cc(N=[N+]=[N-])ccc1O)C(=O)O. The number of benzene rings is 1. The topological polar surface area (TPSA) is 135 Å². The molecule has 0 aliphatic rings. The van der Waals surface area contributed by atoms with E-state index in [-0.39, 0.29) is 17.0 Å². The lowest BCUT2D eigenvalue weighted by Gasteiger charge is -2.15. The molecule has 8 heteroatoms. The minimum atomic E-state index is -1.12. The zero-order valence-electron chi connectivity index (χ0n) is 15.0. The molecule has 0 saturated heterocycles. The summed E-state index contributed by atoms with van der Waals surface area (Å²) in [4.78, 5) is 26.3. The van der Waals surface area contributed by atoms with Crippen molar-refractivity contribution in [1.82, 2.24) is 5.32 Å². The number of carboxylic acid groups (broad SMARTS) is 1. The van der Waals surface area contributed by atoms with E-state index in [1.807, 2.05) is 0 Å². The molecule has 1 amide bonds. The summed E-state index contributed by atoms with van der Waals surface area (Å²) in [6.45, 7) is 2.15. The van der Waals surface area contributed by atoms with Gasteiger partial charge in [0.25, 0.3) is 5.91 Å². The molecule has 0 fully saturated rings. The van der Waals surface area contributed by atoms with Gasteiger partial charge in [0.2, 0.25) is 0 Å². The first-order valence-electron chi connectivity index (χ1n) is 8.91. The second-order valence-electron chi connectivity index (χ2n) is 6.17. The maximum atomic E-state index is 12.3. The van der Waals surface area contributed by atoms with Crippen LogP contribution in [0.3, 0.4) is 0 Å². The number of carbonyl (C=O) groups is 2. The molecular weight excluding hydrogens is 336 g/mol. The van der Waals surface area contributed by atoms with Gasteiger partial charge < -0.3 is 15.5 Å². The summed E-state index contributed by atoms with van der Waals surface area (Å²) < 4.78 is 0. The maximum Gasteiger partial charge on any atom is 0.326 e. The van der Waals surface area contributed by atoms with Gasteiger partial charge in [-0.25, -0.2) is 4.79 Å². The fraction of sp³-hybridized carbons (Fsp3) is 0.556. The number of hydrogen-bond donors (Lipinski definition) is 3. The van der Waals surface area contributed by atoms with Crippen molar-refractivity contribution in [2.24, 2.45) is 5.11 Å². The van der Waals surface area contributed by atoms with Gasteiger partial charge in [0, 0.05) is 10.6 Å². The van der Waals surface area contributed by atoms with E-state index in [0.29, 0.717) is 12.8 Å². The van der Waals surface area contributed by atoms with Gasteiger partial charge in [0.05, 0.1) is 5.56 Å². The average molecular weight is 362 g/mol. The smallest absolute Gasteiger partial charge is 0.326 e. The molecule has 0 spiro atoms. The van der Waals surface area contributed by atoms with E-state index in [2.05, 4.69) is 22.3 Å². The molecule has 1 aromatic rings. The largest absolute Gasteiger partial charge is 0.507 e. The summed E-state index contributed by atoms with van der Waals surface area (Å²) in [6, 6.07) is 2.78. The molecule has 1 rings (SSSR count). The van der Waals surface area contributed by atoms with Gasteiger partial charge in [-0.2, -0.15) is 0 Å². The van der Waals surface area contributed by atoms with Crippen molar-refractivity contribution in [1.29, 1.82) is 0 Å². The quantitative estimate of drug-likeness (QED) is 0.216. The Balaban J connectivity index is 2.59. The van der Waals surface area contributed by atoms with Crippen LogP contribution in [0.2, 0.25) is 0 Å². The number of unbranched alkanes of at least 4 members (excludes halogenated alkanes) is 6. The Morgan fingerprint density at radius 1 is 1.19 bits per heavy atom. The highest BCUT2D eigenvalue weighted by Crippen LogP contribution is 2.23. The Bertz CT molecular complexity index is 657. The van der Waals surface area contributed by atoms with E-state index < -0.39 is 17.9 Å². The molecule has 0 aliphatic heterocycles. The van der Waals surface area contributed by atoms with Crippen LogP contribution in [0.1, 0.15) is 68.6 Å². The summed E-state index contributed by atoms with van der Waals surface area (Å²) in [7, 11) is 0. The molecule has 3 N–H and O–H groups in total. The van der Waals surface area contributed by atoms with E-state index in [4.69, 9.17) is 5.53 Å². The second-order valence-corrected chi connectivity index (χ2v) is 6.17. The fourth-order valence-electron chi connectivity index (χ4n) is 2.62. The van der Waals surface area contributed by atoms with Crippen molar-refractivity contribution in [3.63, 3.8) is 0 Å². The normalized spacial score (nSPS) is 11.4. The minimum absolute atomic E-state index is 0.124. The van der Waals surface area contributed by atoms with Crippen LogP contribution in [0, 0.1) is 0 Å². The number of amides is 1. The van der Waals surface area contributed by atoms with Crippen molar-refractivity contribution in [3.8, 4) is 5.75 Å². The third-order valence-electron chi connectivity index (χ3n) is 4.08. The molecule has 0 aliphatic carbocycles. The lowest BCUT2D eigenvalue weighted by atomic mass is 10.0. The molecule has 142 valence electrons. The van der Waals surface area contributed by atoms with Gasteiger partial charge in [-0.1, -0.05) is 57.0 Å². The third kappa shape index (κ3) is 7.44. The third-order valence-corrected chi connectivity index (χ3v) is 4.08. The number of nitrogens with zero attached hydrogens (tertiary/aromatic N) is 3. The van der Waals surface area contributed by atoms with Crippen LogP contribution >= 0.6 is 0 Å². The lowest BCUT2D eigenvalue weighted by molar-refractivity contribution is -0.139. The van der Waals surface area contributed by atoms with E-state index in [1.54, 1.807) is 0 Å². The summed E-state index contributed by atoms with van der Waals surface area (Å²) in [5.41, 5.74) is 8.48. The monoisotopic (exact) mass is 362 g/mol. The molecule has 0 aromatic heterocycles. The van der Waals surface area contributed by atoms with E-state index >= 15 is 0 Å². The van der Waals surface area contributed by atoms with Gasteiger partial charge in [0.1, 0.15) is 11.8 Å². The van der Waals surface area contributed by atoms with Crippen LogP contribution in [-0.4, -0.2) is 28.1 Å². The highest BCUT2D eigenvalue weighted by molar-refractivity contribution is 5.99. The standard InChI is InChI=1S/C18H26N4O4/c1-2-3-4-5-6-7-8-9-15(18(25)26)20-17(24)14-12-13(21-22-19)10-11-16(14)23/h10-12,15,23H,2-9H2,1H3,(H,20,24)(H,25,26). The van der Waals surface area contributed by atoms with Crippen LogP contribution in [0.25, 0.3) is 10.4 Å². The number of carboxylic acids is 1. The number of nitrogens with one attached hydrogen (secondary N) is 1. The summed E-state index contributed by atoms with van der Waals surface area (Å²) >= 11 is 0. The number of phenolic OH excluding ortho intramolecular Hbond substituents is 1. The van der Waals surface area contributed by atoms with Crippen LogP contribution < -0.4 is 5.32 Å². The predicted octanol–water partition coefficient (Wildman–Crippen LogP) is 4.66. The number of aliphatic carboxylic acids is 1. The van der Waals surface area contributed by atoms with Crippen molar-refractivity contribution in [3.05, 3.63) is 34.2 Å². The molecular formula is C18H26N4O4. The van der Waals surface area contributed by atoms with Gasteiger partial charge in [-0.3, -0.25) is 4.79 Å². The molecule has 0 bridgehead atoms. The average Bonchev–Trinajstić information content (AvgIpc) is 2.61. The van der Waals surface area contributed by atoms with Gasteiger partial charge in [0.15, 0.2) is 0 Å². The van der Waals surface area contributed by atoms with E-state index in [9.17, 15) is 19.8 Å². The molecule has 1 atom stereocenters. The number of hydrogen-bond acceptors (Lipinski definition) is 4. The lowest BCUT2D eigenvalue weighted by Crippen LogP contribution is -2.40. The Morgan fingerprint density at radius 3 is 2.46 bits per heavy atom. The molecule has 1 aromatic carbocycles. The highest BCUT2D eigenvalue weighted by Gasteiger charge is 2.22. The second kappa shape index (κ2) is 11.8. The van der Waals surface area contributed by atoms with Crippen LogP contribution in [0.5, 0.6) is 5.75 Å². The zero-order valence-corrected chi connectivity index (χ0v) is 15.0. The predicted molar refractivity (Wildman–Crippen MR) is 98.4 cm³/mol. The number of carbonyl (C=O) groups excluding carboxylic acids is 1. The first-order valence-corrected chi connectivity index (χ1v) is 8.91. The Hall–Kier alpha value is -2.73. The molecule has 8 nitrogen and oxygen atoms in total. The molecule has 26 heavy (non-hydrogen) atoms. The molecule has 0 saturated carbocycles. The van der Waals surface area contributed by atoms with Crippen molar-refractivity contribution < 1.29 is 19.8 Å². The fourth-order valence-corrected chi connectivity index (χ4v) is 2.62. The molecule has 1 unspecified atom stereocenters. The van der Waals surface area contributed by atoms with Crippen molar-refractivity contribution in [2.75, 3.05) is 0 Å². The molecule has 0 heterocycles.